The Bertz CT molecular complexity index is 738. The molecular weight excluding hydrogens is 267 g/mol. The number of rotatable bonds is 1. The second-order valence-corrected chi connectivity index (χ2v) is 6.81. The Morgan fingerprint density at radius 3 is 3.05 bits per heavy atom. The fourth-order valence-electron chi connectivity index (χ4n) is 4.97. The van der Waals surface area contributed by atoms with E-state index in [1.807, 2.05) is 6.07 Å². The van der Waals surface area contributed by atoms with Crippen molar-refractivity contribution in [1.82, 2.24) is 9.88 Å². The predicted octanol–water partition coefficient (Wildman–Crippen LogP) is 3.05. The molecule has 1 saturated heterocycles. The molecule has 0 amide bonds. The normalized spacial score (nSPS) is 30.7. The van der Waals surface area contributed by atoms with Crippen molar-refractivity contribution >= 4 is 10.9 Å². The van der Waals surface area contributed by atoms with Gasteiger partial charge in [-0.3, -0.25) is 4.90 Å². The van der Waals surface area contributed by atoms with E-state index in [2.05, 4.69) is 9.88 Å². The molecule has 1 aromatic heterocycles. The number of nitrogens with zero attached hydrogens (tertiary/aromatic N) is 1. The van der Waals surface area contributed by atoms with Crippen molar-refractivity contribution < 1.29 is 9.13 Å². The molecule has 0 spiro atoms. The maximum atomic E-state index is 13.9. The number of H-pyrrole nitrogens is 1. The van der Waals surface area contributed by atoms with Gasteiger partial charge in [0.15, 0.2) is 11.6 Å². The summed E-state index contributed by atoms with van der Waals surface area (Å²) in [5, 5.41) is 1.15. The lowest BCUT2D eigenvalue weighted by molar-refractivity contribution is 0.201. The van der Waals surface area contributed by atoms with E-state index < -0.39 is 0 Å². The van der Waals surface area contributed by atoms with Gasteiger partial charge in [-0.15, -0.1) is 0 Å². The van der Waals surface area contributed by atoms with Crippen LogP contribution in [-0.2, 0) is 6.42 Å². The highest BCUT2D eigenvalue weighted by Crippen LogP contribution is 2.50. The molecule has 1 aliphatic carbocycles. The summed E-state index contributed by atoms with van der Waals surface area (Å²) in [6.07, 6.45) is 3.70. The van der Waals surface area contributed by atoms with Crippen LogP contribution in [0.1, 0.15) is 30.0 Å². The van der Waals surface area contributed by atoms with Crippen molar-refractivity contribution in [2.75, 3.05) is 20.2 Å². The van der Waals surface area contributed by atoms with Crippen LogP contribution in [0.4, 0.5) is 4.39 Å². The molecule has 0 radical (unpaired) electrons. The van der Waals surface area contributed by atoms with Gasteiger partial charge in [0, 0.05) is 47.7 Å². The van der Waals surface area contributed by atoms with Gasteiger partial charge in [-0.2, -0.15) is 0 Å². The van der Waals surface area contributed by atoms with Gasteiger partial charge in [-0.25, -0.2) is 4.39 Å². The first kappa shape index (κ1) is 12.0. The number of aromatic nitrogens is 1. The van der Waals surface area contributed by atoms with Gasteiger partial charge in [0.05, 0.1) is 7.11 Å². The largest absolute Gasteiger partial charge is 0.494 e. The monoisotopic (exact) mass is 286 g/mol. The number of hydrogen-bond donors (Lipinski definition) is 1. The van der Waals surface area contributed by atoms with E-state index in [0.717, 1.165) is 29.8 Å². The van der Waals surface area contributed by atoms with Gasteiger partial charge in [-0.1, -0.05) is 0 Å². The predicted molar refractivity (Wildman–Crippen MR) is 79.3 cm³/mol. The van der Waals surface area contributed by atoms with Gasteiger partial charge < -0.3 is 9.72 Å². The van der Waals surface area contributed by atoms with Crippen LogP contribution in [0.5, 0.6) is 5.75 Å². The Labute approximate surface area is 123 Å². The van der Waals surface area contributed by atoms with Crippen LogP contribution in [-0.4, -0.2) is 36.1 Å². The Hall–Kier alpha value is -1.55. The molecule has 3 aliphatic rings. The van der Waals surface area contributed by atoms with E-state index in [1.165, 1.54) is 37.8 Å². The molecule has 1 saturated carbocycles. The summed E-state index contributed by atoms with van der Waals surface area (Å²) in [4.78, 5) is 6.20. The number of benzene rings is 1. The van der Waals surface area contributed by atoms with Crippen molar-refractivity contribution in [3.8, 4) is 5.75 Å². The molecule has 21 heavy (non-hydrogen) atoms. The van der Waals surface area contributed by atoms with Crippen LogP contribution in [0, 0.1) is 11.7 Å². The lowest BCUT2D eigenvalue weighted by Gasteiger charge is -2.30. The molecule has 110 valence electrons. The maximum absolute atomic E-state index is 13.9. The number of aromatic amines is 1. The van der Waals surface area contributed by atoms with Crippen molar-refractivity contribution in [3.05, 3.63) is 29.2 Å². The fraction of sp³-hybridized carbons (Fsp3) is 0.529. The van der Waals surface area contributed by atoms with Crippen LogP contribution < -0.4 is 4.74 Å². The summed E-state index contributed by atoms with van der Waals surface area (Å²) in [6.45, 7) is 2.42. The van der Waals surface area contributed by atoms with Gasteiger partial charge in [0.1, 0.15) is 0 Å². The van der Waals surface area contributed by atoms with Gasteiger partial charge in [-0.05, 0) is 36.8 Å². The quantitative estimate of drug-likeness (QED) is 0.872. The molecule has 2 aromatic rings. The second kappa shape index (κ2) is 4.01. The number of ether oxygens (including phenoxy) is 1. The Balaban J connectivity index is 1.72. The van der Waals surface area contributed by atoms with Crippen molar-refractivity contribution in [2.24, 2.45) is 5.92 Å². The van der Waals surface area contributed by atoms with Gasteiger partial charge in [0.25, 0.3) is 0 Å². The molecule has 1 aromatic carbocycles. The molecular formula is C17H19FN2O. The number of hydrogen-bond acceptors (Lipinski definition) is 2. The molecule has 2 bridgehead atoms. The highest BCUT2D eigenvalue weighted by atomic mass is 19.1. The van der Waals surface area contributed by atoms with E-state index in [4.69, 9.17) is 4.74 Å². The Morgan fingerprint density at radius 1 is 1.33 bits per heavy atom. The highest BCUT2D eigenvalue weighted by Gasteiger charge is 2.47. The van der Waals surface area contributed by atoms with Crippen LogP contribution in [0.15, 0.2) is 12.1 Å². The summed E-state index contributed by atoms with van der Waals surface area (Å²) in [6, 6.07) is 4.17. The highest BCUT2D eigenvalue weighted by molar-refractivity contribution is 5.86. The average molecular weight is 286 g/mol. The molecule has 5 rings (SSSR count). The van der Waals surface area contributed by atoms with Crippen LogP contribution in [0.25, 0.3) is 10.9 Å². The summed E-state index contributed by atoms with van der Waals surface area (Å²) in [5.41, 5.74) is 3.69. The smallest absolute Gasteiger partial charge is 0.167 e. The van der Waals surface area contributed by atoms with Crippen molar-refractivity contribution in [3.63, 3.8) is 0 Å². The summed E-state index contributed by atoms with van der Waals surface area (Å²) >= 11 is 0. The third-order valence-electron chi connectivity index (χ3n) is 5.82. The number of halogens is 1. The van der Waals surface area contributed by atoms with Crippen molar-refractivity contribution in [2.45, 2.75) is 31.2 Å². The van der Waals surface area contributed by atoms with Crippen LogP contribution in [0.3, 0.4) is 0 Å². The van der Waals surface area contributed by atoms with E-state index in [0.29, 0.717) is 17.7 Å². The molecule has 4 heteroatoms. The zero-order valence-electron chi connectivity index (χ0n) is 12.2. The first-order chi connectivity index (χ1) is 10.2. The van der Waals surface area contributed by atoms with Crippen LogP contribution >= 0.6 is 0 Å². The number of fused-ring (bicyclic) bond motifs is 5. The third-order valence-corrected chi connectivity index (χ3v) is 5.82. The van der Waals surface area contributed by atoms with Crippen molar-refractivity contribution in [1.29, 1.82) is 0 Å². The minimum absolute atomic E-state index is 0.282. The zero-order valence-corrected chi connectivity index (χ0v) is 12.2. The maximum Gasteiger partial charge on any atom is 0.167 e. The Morgan fingerprint density at radius 2 is 2.24 bits per heavy atom. The minimum atomic E-state index is -0.282. The molecule has 2 aliphatic heterocycles. The van der Waals surface area contributed by atoms with E-state index >= 15 is 0 Å². The van der Waals surface area contributed by atoms with Gasteiger partial charge in [0.2, 0.25) is 0 Å². The molecule has 3 nitrogen and oxygen atoms in total. The number of nitrogens with one attached hydrogen (secondary N) is 1. The zero-order chi connectivity index (χ0) is 14.1. The third kappa shape index (κ3) is 1.51. The summed E-state index contributed by atoms with van der Waals surface area (Å²) < 4.78 is 19.1. The Kier molecular flexibility index (Phi) is 2.30. The molecule has 3 heterocycles. The first-order valence-corrected chi connectivity index (χ1v) is 7.86. The summed E-state index contributed by atoms with van der Waals surface area (Å²) in [5.74, 6) is 1.54. The lowest BCUT2D eigenvalue weighted by Crippen LogP contribution is -2.36. The lowest BCUT2D eigenvalue weighted by atomic mass is 9.93. The molecule has 3 atom stereocenters. The second-order valence-electron chi connectivity index (χ2n) is 6.81. The molecule has 2 fully saturated rings. The minimum Gasteiger partial charge on any atom is -0.494 e. The average Bonchev–Trinajstić information content (AvgIpc) is 3.14. The topological polar surface area (TPSA) is 28.3 Å². The standard InChI is InChI=1S/C17H19FN2O/c1-21-16-6-11-10-2-3-20-8-9-4-12(15(20)5-9)17(10)19-14(11)7-13(16)18/h6-7,9,12,15,19H,2-5,8H2,1H3/t9-,12+,15-/m0/s1. The van der Waals surface area contributed by atoms with Crippen LogP contribution in [0.2, 0.25) is 0 Å². The SMILES string of the molecule is COc1cc2c3c([nH]c2cc1F)[C@@H]1C[C@H]2C[C@@H]1N(CC3)C2. The van der Waals surface area contributed by atoms with E-state index in [1.54, 1.807) is 6.07 Å². The fourth-order valence-corrected chi connectivity index (χ4v) is 4.97. The molecule has 0 unspecified atom stereocenters. The first-order valence-electron chi connectivity index (χ1n) is 7.86. The van der Waals surface area contributed by atoms with E-state index in [9.17, 15) is 4.39 Å². The van der Waals surface area contributed by atoms with E-state index in [-0.39, 0.29) is 5.82 Å². The number of piperidine rings is 1. The van der Waals surface area contributed by atoms with Gasteiger partial charge >= 0.3 is 0 Å². The number of methoxy groups -OCH3 is 1. The molecule has 1 N–H and O–H groups in total. The summed E-state index contributed by atoms with van der Waals surface area (Å²) in [7, 11) is 1.53.